The summed E-state index contributed by atoms with van der Waals surface area (Å²) >= 11 is 3.32. The molecular formula is C13H16BrFN4. The van der Waals surface area contributed by atoms with Crippen molar-refractivity contribution < 1.29 is 4.39 Å². The van der Waals surface area contributed by atoms with Gasteiger partial charge in [-0.3, -0.25) is 4.68 Å². The van der Waals surface area contributed by atoms with Crippen molar-refractivity contribution in [2.75, 3.05) is 6.54 Å². The predicted octanol–water partition coefficient (Wildman–Crippen LogP) is 2.61. The summed E-state index contributed by atoms with van der Waals surface area (Å²) in [7, 11) is 1.83. The molecule has 4 nitrogen and oxygen atoms in total. The van der Waals surface area contributed by atoms with Gasteiger partial charge in [0.25, 0.3) is 0 Å². The molecule has 0 amide bonds. The van der Waals surface area contributed by atoms with Crippen LogP contribution in [0.15, 0.2) is 28.9 Å². The minimum Gasteiger partial charge on any atom is -0.310 e. The minimum absolute atomic E-state index is 0.0219. The lowest BCUT2D eigenvalue weighted by Crippen LogP contribution is -2.23. The SMILES string of the molecule is CCNC(Cc1cn(C)nn1)c1cc(F)cc(Br)c1. The predicted molar refractivity (Wildman–Crippen MR) is 75.2 cm³/mol. The lowest BCUT2D eigenvalue weighted by molar-refractivity contribution is 0.536. The Kier molecular flexibility index (Phi) is 4.66. The van der Waals surface area contributed by atoms with Crippen LogP contribution in [0.1, 0.15) is 24.2 Å². The molecule has 2 aromatic rings. The fraction of sp³-hybridized carbons (Fsp3) is 0.385. The van der Waals surface area contributed by atoms with Crippen molar-refractivity contribution >= 4 is 15.9 Å². The van der Waals surface area contributed by atoms with Crippen LogP contribution in [0.4, 0.5) is 4.39 Å². The molecule has 2 rings (SSSR count). The molecule has 102 valence electrons. The highest BCUT2D eigenvalue weighted by molar-refractivity contribution is 9.10. The van der Waals surface area contributed by atoms with Crippen LogP contribution in [0.2, 0.25) is 0 Å². The highest BCUT2D eigenvalue weighted by Gasteiger charge is 2.14. The molecule has 0 aliphatic rings. The van der Waals surface area contributed by atoms with Crippen LogP contribution in [0.25, 0.3) is 0 Å². The Labute approximate surface area is 120 Å². The summed E-state index contributed by atoms with van der Waals surface area (Å²) in [6.45, 7) is 2.83. The molecule has 1 atom stereocenters. The molecule has 1 aromatic carbocycles. The van der Waals surface area contributed by atoms with E-state index in [0.29, 0.717) is 6.42 Å². The van der Waals surface area contributed by atoms with Crippen molar-refractivity contribution in [3.05, 3.63) is 45.9 Å². The largest absolute Gasteiger partial charge is 0.310 e. The monoisotopic (exact) mass is 326 g/mol. The summed E-state index contributed by atoms with van der Waals surface area (Å²) in [5, 5.41) is 11.3. The molecule has 1 aromatic heterocycles. The highest BCUT2D eigenvalue weighted by Crippen LogP contribution is 2.22. The summed E-state index contributed by atoms with van der Waals surface area (Å²) in [5.41, 5.74) is 1.79. The van der Waals surface area contributed by atoms with Crippen molar-refractivity contribution in [2.45, 2.75) is 19.4 Å². The lowest BCUT2D eigenvalue weighted by Gasteiger charge is -2.17. The van der Waals surface area contributed by atoms with Gasteiger partial charge in [-0.2, -0.15) is 0 Å². The molecular weight excluding hydrogens is 311 g/mol. The van der Waals surface area contributed by atoms with Gasteiger partial charge in [0.15, 0.2) is 0 Å². The molecule has 0 aliphatic heterocycles. The fourth-order valence-electron chi connectivity index (χ4n) is 2.03. The van der Waals surface area contributed by atoms with E-state index in [0.717, 1.165) is 22.3 Å². The minimum atomic E-state index is -0.244. The van der Waals surface area contributed by atoms with E-state index in [1.54, 1.807) is 10.7 Å². The first-order chi connectivity index (χ1) is 9.08. The zero-order chi connectivity index (χ0) is 13.8. The Hall–Kier alpha value is -1.27. The molecule has 0 saturated carbocycles. The second-order valence-electron chi connectivity index (χ2n) is 4.40. The number of nitrogens with one attached hydrogen (secondary N) is 1. The van der Waals surface area contributed by atoms with E-state index >= 15 is 0 Å². The summed E-state index contributed by atoms with van der Waals surface area (Å²) in [5.74, 6) is -0.244. The van der Waals surface area contributed by atoms with E-state index in [-0.39, 0.29) is 11.9 Å². The van der Waals surface area contributed by atoms with Crippen LogP contribution in [0.5, 0.6) is 0 Å². The Morgan fingerprint density at radius 1 is 1.42 bits per heavy atom. The normalized spacial score (nSPS) is 12.6. The maximum absolute atomic E-state index is 13.5. The number of aromatic nitrogens is 3. The van der Waals surface area contributed by atoms with Gasteiger partial charge >= 0.3 is 0 Å². The molecule has 0 saturated heterocycles. The second kappa shape index (κ2) is 6.25. The van der Waals surface area contributed by atoms with Crippen molar-refractivity contribution in [3.8, 4) is 0 Å². The number of benzene rings is 1. The number of likely N-dealkylation sites (N-methyl/N-ethyl adjacent to an activating group) is 1. The number of aryl methyl sites for hydroxylation is 1. The molecule has 0 spiro atoms. The summed E-state index contributed by atoms with van der Waals surface area (Å²) in [4.78, 5) is 0. The number of hydrogen-bond acceptors (Lipinski definition) is 3. The molecule has 1 unspecified atom stereocenters. The van der Waals surface area contributed by atoms with Gasteiger partial charge in [-0.25, -0.2) is 4.39 Å². The Bertz CT molecular complexity index is 535. The third kappa shape index (κ3) is 3.84. The molecule has 1 N–H and O–H groups in total. The van der Waals surface area contributed by atoms with Crippen LogP contribution < -0.4 is 5.32 Å². The molecule has 0 aliphatic carbocycles. The second-order valence-corrected chi connectivity index (χ2v) is 5.32. The third-order valence-electron chi connectivity index (χ3n) is 2.80. The average Bonchev–Trinajstić information content (AvgIpc) is 2.73. The van der Waals surface area contributed by atoms with E-state index in [1.165, 1.54) is 6.07 Å². The van der Waals surface area contributed by atoms with E-state index in [1.807, 2.05) is 26.2 Å². The van der Waals surface area contributed by atoms with Crippen LogP contribution in [-0.2, 0) is 13.5 Å². The van der Waals surface area contributed by atoms with Crippen molar-refractivity contribution in [1.29, 1.82) is 0 Å². The molecule has 0 radical (unpaired) electrons. The number of hydrogen-bond donors (Lipinski definition) is 1. The van der Waals surface area contributed by atoms with Crippen LogP contribution in [0, 0.1) is 5.82 Å². The lowest BCUT2D eigenvalue weighted by atomic mass is 10.0. The maximum atomic E-state index is 13.5. The average molecular weight is 327 g/mol. The maximum Gasteiger partial charge on any atom is 0.124 e. The molecule has 6 heteroatoms. The number of halogens is 2. The first-order valence-electron chi connectivity index (χ1n) is 6.13. The van der Waals surface area contributed by atoms with Gasteiger partial charge in [-0.1, -0.05) is 28.1 Å². The zero-order valence-electron chi connectivity index (χ0n) is 10.9. The summed E-state index contributed by atoms with van der Waals surface area (Å²) < 4.78 is 15.9. The first kappa shape index (κ1) is 14.1. The van der Waals surface area contributed by atoms with Gasteiger partial charge in [0.2, 0.25) is 0 Å². The number of rotatable bonds is 5. The zero-order valence-corrected chi connectivity index (χ0v) is 12.5. The van der Waals surface area contributed by atoms with E-state index < -0.39 is 0 Å². The Morgan fingerprint density at radius 2 is 2.21 bits per heavy atom. The van der Waals surface area contributed by atoms with Gasteiger partial charge in [0.1, 0.15) is 5.82 Å². The third-order valence-corrected chi connectivity index (χ3v) is 3.26. The van der Waals surface area contributed by atoms with Crippen molar-refractivity contribution in [1.82, 2.24) is 20.3 Å². The Morgan fingerprint density at radius 3 is 2.79 bits per heavy atom. The van der Waals surface area contributed by atoms with Crippen molar-refractivity contribution in [2.24, 2.45) is 7.05 Å². The van der Waals surface area contributed by atoms with E-state index in [9.17, 15) is 4.39 Å². The van der Waals surface area contributed by atoms with Gasteiger partial charge in [0.05, 0.1) is 5.69 Å². The molecule has 0 fully saturated rings. The first-order valence-corrected chi connectivity index (χ1v) is 6.92. The quantitative estimate of drug-likeness (QED) is 0.918. The van der Waals surface area contributed by atoms with Crippen LogP contribution >= 0.6 is 15.9 Å². The molecule has 1 heterocycles. The standard InChI is InChI=1S/C13H16BrFN4/c1-3-16-13(7-12-8-19(2)18-17-12)9-4-10(14)6-11(15)5-9/h4-6,8,13,16H,3,7H2,1-2H3. The fourth-order valence-corrected chi connectivity index (χ4v) is 2.51. The van der Waals surface area contributed by atoms with Gasteiger partial charge < -0.3 is 5.32 Å². The van der Waals surface area contributed by atoms with Gasteiger partial charge in [-0.15, -0.1) is 5.10 Å². The van der Waals surface area contributed by atoms with Gasteiger partial charge in [0, 0.05) is 30.2 Å². The smallest absolute Gasteiger partial charge is 0.124 e. The summed E-state index contributed by atoms with van der Waals surface area (Å²) in [6, 6.07) is 4.95. The Balaban J connectivity index is 2.23. The van der Waals surface area contributed by atoms with E-state index in [4.69, 9.17) is 0 Å². The number of nitrogens with zero attached hydrogens (tertiary/aromatic N) is 3. The van der Waals surface area contributed by atoms with Crippen molar-refractivity contribution in [3.63, 3.8) is 0 Å². The highest BCUT2D eigenvalue weighted by atomic mass is 79.9. The van der Waals surface area contributed by atoms with Gasteiger partial charge in [-0.05, 0) is 30.3 Å². The topological polar surface area (TPSA) is 42.7 Å². The van der Waals surface area contributed by atoms with Crippen LogP contribution in [-0.4, -0.2) is 21.5 Å². The molecule has 0 bridgehead atoms. The molecule has 19 heavy (non-hydrogen) atoms. The van der Waals surface area contributed by atoms with E-state index in [2.05, 4.69) is 31.6 Å². The van der Waals surface area contributed by atoms with Crippen LogP contribution in [0.3, 0.4) is 0 Å². The summed E-state index contributed by atoms with van der Waals surface area (Å²) in [6.07, 6.45) is 2.55.